The van der Waals surface area contributed by atoms with Crippen molar-refractivity contribution in [1.29, 1.82) is 0 Å². The number of hydrogen-bond acceptors (Lipinski definition) is 3. The van der Waals surface area contributed by atoms with E-state index < -0.39 is 0 Å². The maximum atomic E-state index is 11.7. The van der Waals surface area contributed by atoms with Crippen LogP contribution in [0.15, 0.2) is 24.3 Å². The van der Waals surface area contributed by atoms with Crippen LogP contribution < -0.4 is 15.4 Å². The molecule has 4 heteroatoms. The SMILES string of the molecule is COc1ccc(C(C)CCNC(=O)C2CNC2)cc1. The second-order valence-electron chi connectivity index (χ2n) is 5.11. The molecule has 19 heavy (non-hydrogen) atoms. The monoisotopic (exact) mass is 262 g/mol. The number of carbonyl (C=O) groups excluding carboxylic acids is 1. The van der Waals surface area contributed by atoms with Gasteiger partial charge in [0.2, 0.25) is 5.91 Å². The molecule has 1 unspecified atom stereocenters. The van der Waals surface area contributed by atoms with Crippen LogP contribution in [0.5, 0.6) is 5.75 Å². The zero-order valence-electron chi connectivity index (χ0n) is 11.6. The van der Waals surface area contributed by atoms with E-state index in [4.69, 9.17) is 4.74 Å². The van der Waals surface area contributed by atoms with E-state index in [-0.39, 0.29) is 11.8 Å². The lowest BCUT2D eigenvalue weighted by molar-refractivity contribution is -0.126. The Morgan fingerprint density at radius 1 is 1.42 bits per heavy atom. The van der Waals surface area contributed by atoms with E-state index in [9.17, 15) is 4.79 Å². The summed E-state index contributed by atoms with van der Waals surface area (Å²) in [5.74, 6) is 1.67. The highest BCUT2D eigenvalue weighted by Gasteiger charge is 2.24. The third-order valence-electron chi connectivity index (χ3n) is 3.71. The topological polar surface area (TPSA) is 50.4 Å². The molecule has 1 aliphatic heterocycles. The van der Waals surface area contributed by atoms with Gasteiger partial charge in [-0.05, 0) is 30.0 Å². The number of ether oxygens (including phenoxy) is 1. The first kappa shape index (κ1) is 13.9. The van der Waals surface area contributed by atoms with Gasteiger partial charge in [-0.2, -0.15) is 0 Å². The standard InChI is InChI=1S/C15H22N2O2/c1-11(12-3-5-14(19-2)6-4-12)7-8-17-15(18)13-9-16-10-13/h3-6,11,13,16H,7-10H2,1-2H3,(H,17,18). The van der Waals surface area contributed by atoms with E-state index in [1.807, 2.05) is 12.1 Å². The summed E-state index contributed by atoms with van der Waals surface area (Å²) in [7, 11) is 1.67. The molecule has 2 N–H and O–H groups in total. The van der Waals surface area contributed by atoms with Crippen molar-refractivity contribution in [3.05, 3.63) is 29.8 Å². The van der Waals surface area contributed by atoms with Crippen molar-refractivity contribution in [2.45, 2.75) is 19.3 Å². The van der Waals surface area contributed by atoms with Crippen molar-refractivity contribution >= 4 is 5.91 Å². The first-order valence-electron chi connectivity index (χ1n) is 6.83. The highest BCUT2D eigenvalue weighted by Crippen LogP contribution is 2.21. The maximum absolute atomic E-state index is 11.7. The molecule has 0 saturated carbocycles. The molecule has 4 nitrogen and oxygen atoms in total. The van der Waals surface area contributed by atoms with Crippen molar-refractivity contribution in [3.63, 3.8) is 0 Å². The predicted octanol–water partition coefficient (Wildman–Crippen LogP) is 1.52. The Labute approximate surface area is 114 Å². The molecule has 1 aromatic rings. The van der Waals surface area contributed by atoms with Gasteiger partial charge in [0.15, 0.2) is 0 Å². The van der Waals surface area contributed by atoms with Gasteiger partial charge in [-0.15, -0.1) is 0 Å². The average Bonchev–Trinajstić information content (AvgIpc) is 2.36. The normalized spacial score (nSPS) is 16.5. The van der Waals surface area contributed by atoms with Gasteiger partial charge in [-0.3, -0.25) is 4.79 Å². The average molecular weight is 262 g/mol. The lowest BCUT2D eigenvalue weighted by Gasteiger charge is -2.26. The Balaban J connectivity index is 1.73. The number of carbonyl (C=O) groups is 1. The summed E-state index contributed by atoms with van der Waals surface area (Å²) in [5, 5.41) is 6.11. The lowest BCUT2D eigenvalue weighted by Crippen LogP contribution is -2.50. The lowest BCUT2D eigenvalue weighted by atomic mass is 9.97. The van der Waals surface area contributed by atoms with Gasteiger partial charge in [0, 0.05) is 19.6 Å². The molecule has 2 rings (SSSR count). The van der Waals surface area contributed by atoms with Crippen LogP contribution in [0, 0.1) is 5.92 Å². The number of rotatable bonds is 6. The largest absolute Gasteiger partial charge is 0.497 e. The highest BCUT2D eigenvalue weighted by atomic mass is 16.5. The smallest absolute Gasteiger partial charge is 0.225 e. The van der Waals surface area contributed by atoms with E-state index in [1.54, 1.807) is 7.11 Å². The summed E-state index contributed by atoms with van der Waals surface area (Å²) in [5.41, 5.74) is 1.28. The van der Waals surface area contributed by atoms with Crippen LogP contribution in [0.25, 0.3) is 0 Å². The summed E-state index contributed by atoms with van der Waals surface area (Å²) in [6.45, 7) is 4.56. The summed E-state index contributed by atoms with van der Waals surface area (Å²) in [6.07, 6.45) is 0.957. The molecule has 1 aliphatic rings. The molecule has 1 amide bonds. The quantitative estimate of drug-likeness (QED) is 0.817. The fourth-order valence-corrected chi connectivity index (χ4v) is 2.13. The van der Waals surface area contributed by atoms with Gasteiger partial charge < -0.3 is 15.4 Å². The van der Waals surface area contributed by atoms with Gasteiger partial charge in [0.05, 0.1) is 13.0 Å². The van der Waals surface area contributed by atoms with Gasteiger partial charge in [-0.25, -0.2) is 0 Å². The maximum Gasteiger partial charge on any atom is 0.225 e. The van der Waals surface area contributed by atoms with Crippen molar-refractivity contribution in [2.75, 3.05) is 26.7 Å². The Hall–Kier alpha value is -1.55. The highest BCUT2D eigenvalue weighted by molar-refractivity contribution is 5.79. The van der Waals surface area contributed by atoms with Crippen molar-refractivity contribution in [3.8, 4) is 5.75 Å². The molecule has 0 radical (unpaired) electrons. The van der Waals surface area contributed by atoms with Crippen molar-refractivity contribution in [1.82, 2.24) is 10.6 Å². The van der Waals surface area contributed by atoms with Gasteiger partial charge in [0.25, 0.3) is 0 Å². The van der Waals surface area contributed by atoms with Crippen LogP contribution in [0.3, 0.4) is 0 Å². The summed E-state index contributed by atoms with van der Waals surface area (Å²) < 4.78 is 5.14. The zero-order valence-corrected chi connectivity index (χ0v) is 11.6. The third-order valence-corrected chi connectivity index (χ3v) is 3.71. The molecule has 1 heterocycles. The molecule has 1 fully saturated rings. The Bertz CT molecular complexity index is 413. The van der Waals surface area contributed by atoms with Gasteiger partial charge in [0.1, 0.15) is 5.75 Å². The Kier molecular flexibility index (Phi) is 4.80. The fourth-order valence-electron chi connectivity index (χ4n) is 2.13. The number of hydrogen-bond donors (Lipinski definition) is 2. The minimum absolute atomic E-state index is 0.177. The fraction of sp³-hybridized carbons (Fsp3) is 0.533. The molecule has 1 atom stereocenters. The van der Waals surface area contributed by atoms with E-state index >= 15 is 0 Å². The van der Waals surface area contributed by atoms with Crippen molar-refractivity contribution < 1.29 is 9.53 Å². The van der Waals surface area contributed by atoms with Crippen LogP contribution in [-0.4, -0.2) is 32.7 Å². The van der Waals surface area contributed by atoms with E-state index in [0.29, 0.717) is 5.92 Å². The first-order valence-corrected chi connectivity index (χ1v) is 6.83. The second kappa shape index (κ2) is 6.57. The molecule has 0 bridgehead atoms. The van der Waals surface area contributed by atoms with Crippen LogP contribution in [-0.2, 0) is 4.79 Å². The molecule has 0 aromatic heterocycles. The van der Waals surface area contributed by atoms with Crippen LogP contribution in [0.2, 0.25) is 0 Å². The van der Waals surface area contributed by atoms with Gasteiger partial charge >= 0.3 is 0 Å². The van der Waals surface area contributed by atoms with Gasteiger partial charge in [-0.1, -0.05) is 19.1 Å². The summed E-state index contributed by atoms with van der Waals surface area (Å²) >= 11 is 0. The Morgan fingerprint density at radius 2 is 2.11 bits per heavy atom. The molecule has 104 valence electrons. The predicted molar refractivity (Wildman–Crippen MR) is 75.4 cm³/mol. The van der Waals surface area contributed by atoms with Crippen LogP contribution >= 0.6 is 0 Å². The second-order valence-corrected chi connectivity index (χ2v) is 5.11. The van der Waals surface area contributed by atoms with Crippen LogP contribution in [0.1, 0.15) is 24.8 Å². The molecule has 1 saturated heterocycles. The summed E-state index contributed by atoms with van der Waals surface area (Å²) in [6, 6.07) is 8.12. The number of amides is 1. The minimum atomic E-state index is 0.177. The van der Waals surface area contributed by atoms with Crippen LogP contribution in [0.4, 0.5) is 0 Å². The number of benzene rings is 1. The first-order chi connectivity index (χ1) is 9.20. The third kappa shape index (κ3) is 3.70. The van der Waals surface area contributed by atoms with E-state index in [1.165, 1.54) is 5.56 Å². The zero-order chi connectivity index (χ0) is 13.7. The molecule has 0 aliphatic carbocycles. The number of nitrogens with one attached hydrogen (secondary N) is 2. The van der Waals surface area contributed by atoms with E-state index in [0.717, 1.165) is 31.8 Å². The molecule has 0 spiro atoms. The molecular formula is C15H22N2O2. The number of methoxy groups -OCH3 is 1. The summed E-state index contributed by atoms with van der Waals surface area (Å²) in [4.78, 5) is 11.7. The van der Waals surface area contributed by atoms with E-state index in [2.05, 4.69) is 29.7 Å². The van der Waals surface area contributed by atoms with Crippen molar-refractivity contribution in [2.24, 2.45) is 5.92 Å². The minimum Gasteiger partial charge on any atom is -0.497 e. The molecule has 1 aromatic carbocycles. The molecular weight excluding hydrogens is 240 g/mol. The Morgan fingerprint density at radius 3 is 2.63 bits per heavy atom.